The lowest BCUT2D eigenvalue weighted by Crippen LogP contribution is -2.05. The summed E-state index contributed by atoms with van der Waals surface area (Å²) in [6.45, 7) is 1.86. The lowest BCUT2D eigenvalue weighted by atomic mass is 10.1. The quantitative estimate of drug-likeness (QED) is 0.617. The van der Waals surface area contributed by atoms with Gasteiger partial charge in [-0.1, -0.05) is 39.7 Å². The van der Waals surface area contributed by atoms with Crippen molar-refractivity contribution in [1.82, 2.24) is 0 Å². The first-order valence-corrected chi connectivity index (χ1v) is 7.23. The van der Waals surface area contributed by atoms with E-state index in [0.29, 0.717) is 5.75 Å². The van der Waals surface area contributed by atoms with Crippen molar-refractivity contribution in [1.29, 1.82) is 0 Å². The summed E-state index contributed by atoms with van der Waals surface area (Å²) in [5, 5.41) is 11.2. The predicted octanol–water partition coefficient (Wildman–Crippen LogP) is 4.82. The number of hydrogen-bond acceptors (Lipinski definition) is 4. The largest absolute Gasteiger partial charge is 0.448 e. The second kappa shape index (κ2) is 6.43. The molecule has 0 saturated heterocycles. The predicted molar refractivity (Wildman–Crippen MR) is 84.9 cm³/mol. The van der Waals surface area contributed by atoms with Gasteiger partial charge in [0.25, 0.3) is 0 Å². The first-order chi connectivity index (χ1) is 9.90. The van der Waals surface area contributed by atoms with Gasteiger partial charge < -0.3 is 10.5 Å². The third-order valence-corrected chi connectivity index (χ3v) is 3.81. The van der Waals surface area contributed by atoms with E-state index in [2.05, 4.69) is 15.9 Å². The van der Waals surface area contributed by atoms with Gasteiger partial charge in [0.15, 0.2) is 0 Å². The summed E-state index contributed by atoms with van der Waals surface area (Å²) in [7, 11) is 0. The van der Waals surface area contributed by atoms with Crippen molar-refractivity contribution < 1.29 is 9.66 Å². The number of para-hydroxylation sites is 1. The summed E-state index contributed by atoms with van der Waals surface area (Å²) in [4.78, 5) is 10.5. The van der Waals surface area contributed by atoms with Gasteiger partial charge >= 0.3 is 5.69 Å². The van der Waals surface area contributed by atoms with Crippen LogP contribution in [0.3, 0.4) is 0 Å². The molecular formula is C14H12BrClN2O3. The Morgan fingerprint density at radius 3 is 2.67 bits per heavy atom. The minimum atomic E-state index is -0.535. The van der Waals surface area contributed by atoms with Crippen molar-refractivity contribution in [3.63, 3.8) is 0 Å². The molecule has 7 heteroatoms. The van der Waals surface area contributed by atoms with Gasteiger partial charge in [0.1, 0.15) is 5.75 Å². The number of hydrogen-bond donors (Lipinski definition) is 1. The molecule has 0 heterocycles. The molecule has 21 heavy (non-hydrogen) atoms. The minimum Gasteiger partial charge on any atom is -0.448 e. The molecule has 0 aliphatic heterocycles. The summed E-state index contributed by atoms with van der Waals surface area (Å²) in [5.41, 5.74) is 6.55. The van der Waals surface area contributed by atoms with Crippen molar-refractivity contribution in [3.05, 3.63) is 61.6 Å². The molecule has 0 fully saturated rings. The molecule has 0 amide bonds. The van der Waals surface area contributed by atoms with Crippen LogP contribution < -0.4 is 10.5 Å². The number of nitro benzene ring substituents is 1. The highest BCUT2D eigenvalue weighted by Gasteiger charge is 2.19. The minimum absolute atomic E-state index is 0.0182. The molecule has 2 rings (SSSR count). The third kappa shape index (κ3) is 3.53. The van der Waals surface area contributed by atoms with Crippen LogP contribution in [0.2, 0.25) is 5.02 Å². The molecule has 0 unspecified atom stereocenters. The molecule has 5 nitrogen and oxygen atoms in total. The molecule has 2 aromatic rings. The topological polar surface area (TPSA) is 78.4 Å². The molecule has 1 atom stereocenters. The highest BCUT2D eigenvalue weighted by atomic mass is 79.9. The monoisotopic (exact) mass is 370 g/mol. The summed E-state index contributed by atoms with van der Waals surface area (Å²) in [6.07, 6.45) is 0. The van der Waals surface area contributed by atoms with E-state index in [0.717, 1.165) is 10.0 Å². The van der Waals surface area contributed by atoms with Gasteiger partial charge in [0, 0.05) is 16.6 Å². The fourth-order valence-corrected chi connectivity index (χ4v) is 2.73. The van der Waals surface area contributed by atoms with Crippen molar-refractivity contribution in [3.8, 4) is 11.5 Å². The average Bonchev–Trinajstić information content (AvgIpc) is 2.40. The van der Waals surface area contributed by atoms with Crippen LogP contribution in [0, 0.1) is 10.1 Å². The highest BCUT2D eigenvalue weighted by molar-refractivity contribution is 9.10. The van der Waals surface area contributed by atoms with Gasteiger partial charge in [-0.3, -0.25) is 10.1 Å². The maximum absolute atomic E-state index is 11.0. The van der Waals surface area contributed by atoms with Crippen LogP contribution in [0.25, 0.3) is 0 Å². The molecule has 2 aromatic carbocycles. The summed E-state index contributed by atoms with van der Waals surface area (Å²) < 4.78 is 6.34. The SMILES string of the molecule is C[C@H](N)c1ccc(Oc2c(Cl)cccc2[N+](=O)[O-])cc1Br. The zero-order chi connectivity index (χ0) is 15.6. The van der Waals surface area contributed by atoms with Gasteiger partial charge in [0.2, 0.25) is 5.75 Å². The van der Waals surface area contributed by atoms with E-state index in [-0.39, 0.29) is 22.5 Å². The van der Waals surface area contributed by atoms with Crippen LogP contribution in [0.15, 0.2) is 40.9 Å². The molecule has 110 valence electrons. The molecule has 0 aromatic heterocycles. The standard InChI is InChI=1S/C14H12BrClN2O3/c1-8(17)10-6-5-9(7-11(10)15)21-14-12(16)3-2-4-13(14)18(19)20/h2-8H,17H2,1H3/t8-/m0/s1. The lowest BCUT2D eigenvalue weighted by Gasteiger charge is -2.12. The molecule has 0 aliphatic carbocycles. The Bertz CT molecular complexity index is 692. The first-order valence-electron chi connectivity index (χ1n) is 6.06. The Kier molecular flexibility index (Phi) is 4.82. The van der Waals surface area contributed by atoms with E-state index < -0.39 is 4.92 Å². The van der Waals surface area contributed by atoms with Gasteiger partial charge in [-0.05, 0) is 30.7 Å². The second-order valence-electron chi connectivity index (χ2n) is 4.42. The third-order valence-electron chi connectivity index (χ3n) is 2.83. The van der Waals surface area contributed by atoms with Crippen LogP contribution >= 0.6 is 27.5 Å². The van der Waals surface area contributed by atoms with Crippen LogP contribution in [0.1, 0.15) is 18.5 Å². The number of ether oxygens (including phenoxy) is 1. The Hall–Kier alpha value is -1.63. The number of nitrogens with zero attached hydrogens (tertiary/aromatic N) is 1. The summed E-state index contributed by atoms with van der Waals surface area (Å²) in [5.74, 6) is 0.451. The maximum atomic E-state index is 11.0. The van der Waals surface area contributed by atoms with Gasteiger partial charge in [0.05, 0.1) is 9.95 Å². The van der Waals surface area contributed by atoms with Crippen molar-refractivity contribution in [2.45, 2.75) is 13.0 Å². The van der Waals surface area contributed by atoms with Crippen LogP contribution in [0.4, 0.5) is 5.69 Å². The van der Waals surface area contributed by atoms with Gasteiger partial charge in [-0.2, -0.15) is 0 Å². The number of rotatable bonds is 4. The Morgan fingerprint density at radius 2 is 2.10 bits per heavy atom. The normalized spacial score (nSPS) is 12.0. The number of nitro groups is 1. The van der Waals surface area contributed by atoms with E-state index in [1.807, 2.05) is 6.92 Å². The van der Waals surface area contributed by atoms with E-state index in [9.17, 15) is 10.1 Å². The molecule has 0 aliphatic rings. The molecule has 0 saturated carbocycles. The number of nitrogens with two attached hydrogens (primary N) is 1. The van der Waals surface area contributed by atoms with E-state index in [1.165, 1.54) is 18.2 Å². The Labute approximate surface area is 134 Å². The lowest BCUT2D eigenvalue weighted by molar-refractivity contribution is -0.385. The molecule has 0 bridgehead atoms. The second-order valence-corrected chi connectivity index (χ2v) is 5.68. The van der Waals surface area contributed by atoms with E-state index in [1.54, 1.807) is 18.2 Å². The smallest absolute Gasteiger partial charge is 0.313 e. The van der Waals surface area contributed by atoms with E-state index in [4.69, 9.17) is 22.1 Å². The number of benzene rings is 2. The van der Waals surface area contributed by atoms with Crippen molar-refractivity contribution in [2.24, 2.45) is 5.73 Å². The van der Waals surface area contributed by atoms with Crippen molar-refractivity contribution in [2.75, 3.05) is 0 Å². The fourth-order valence-electron chi connectivity index (χ4n) is 1.80. The summed E-state index contributed by atoms with van der Waals surface area (Å²) >= 11 is 9.38. The van der Waals surface area contributed by atoms with Crippen LogP contribution in [-0.4, -0.2) is 4.92 Å². The average molecular weight is 372 g/mol. The fraction of sp³-hybridized carbons (Fsp3) is 0.143. The zero-order valence-corrected chi connectivity index (χ0v) is 13.4. The molecule has 2 N–H and O–H groups in total. The van der Waals surface area contributed by atoms with Crippen molar-refractivity contribution >= 4 is 33.2 Å². The van der Waals surface area contributed by atoms with E-state index >= 15 is 0 Å². The zero-order valence-electron chi connectivity index (χ0n) is 11.0. The molecule has 0 spiro atoms. The Morgan fingerprint density at radius 1 is 1.38 bits per heavy atom. The highest BCUT2D eigenvalue weighted by Crippen LogP contribution is 2.38. The van der Waals surface area contributed by atoms with Gasteiger partial charge in [-0.25, -0.2) is 0 Å². The first kappa shape index (κ1) is 15.8. The van der Waals surface area contributed by atoms with Gasteiger partial charge in [-0.15, -0.1) is 0 Å². The van der Waals surface area contributed by atoms with Crippen LogP contribution in [-0.2, 0) is 0 Å². The maximum Gasteiger partial charge on any atom is 0.313 e. The molecule has 0 radical (unpaired) electrons. The number of halogens is 2. The summed E-state index contributed by atoms with van der Waals surface area (Å²) in [6, 6.07) is 9.43. The molecular weight excluding hydrogens is 360 g/mol. The van der Waals surface area contributed by atoms with Crippen LogP contribution in [0.5, 0.6) is 11.5 Å². The Balaban J connectivity index is 2.39.